The number of hydrogen-bond donors (Lipinski definition) is 0. The van der Waals surface area contributed by atoms with E-state index >= 15 is 0 Å². The first-order valence-electron chi connectivity index (χ1n) is 8.80. The highest BCUT2D eigenvalue weighted by Gasteiger charge is 2.25. The van der Waals surface area contributed by atoms with Crippen LogP contribution in [0.1, 0.15) is 21.1 Å². The summed E-state index contributed by atoms with van der Waals surface area (Å²) in [5, 5.41) is 2.70. The molecule has 0 unspecified atom stereocenters. The summed E-state index contributed by atoms with van der Waals surface area (Å²) in [5.74, 6) is -0.888. The Kier molecular flexibility index (Phi) is 6.56. The van der Waals surface area contributed by atoms with Crippen LogP contribution in [0.2, 0.25) is 5.02 Å². The molecule has 0 N–H and O–H groups in total. The third kappa shape index (κ3) is 4.70. The van der Waals surface area contributed by atoms with Crippen molar-refractivity contribution >= 4 is 44.6 Å². The predicted molar refractivity (Wildman–Crippen MR) is 116 cm³/mol. The lowest BCUT2D eigenvalue weighted by Crippen LogP contribution is -2.31. The van der Waals surface area contributed by atoms with Gasteiger partial charge in [0.2, 0.25) is 10.0 Å². The molecule has 0 bridgehead atoms. The van der Waals surface area contributed by atoms with Gasteiger partial charge in [-0.3, -0.25) is 4.79 Å². The maximum absolute atomic E-state index is 13.4. The van der Waals surface area contributed by atoms with E-state index in [9.17, 15) is 17.6 Å². The second kappa shape index (κ2) is 8.81. The van der Waals surface area contributed by atoms with E-state index < -0.39 is 21.7 Å². The molecule has 0 aliphatic heterocycles. The maximum Gasteiger partial charge on any atom is 0.258 e. The Hall–Kier alpha value is -2.33. The smallest absolute Gasteiger partial charge is 0.258 e. The number of carbonyl (C=O) groups is 1. The minimum Gasteiger partial charge on any atom is -0.302 e. The molecule has 0 aliphatic rings. The average molecular weight is 468 g/mol. The molecule has 0 fully saturated rings. The summed E-state index contributed by atoms with van der Waals surface area (Å²) < 4.78 is 39.6. The van der Waals surface area contributed by atoms with E-state index in [4.69, 9.17) is 11.6 Å². The number of hydrogen-bond acceptors (Lipinski definition) is 5. The first kappa shape index (κ1) is 22.4. The lowest BCUT2D eigenvalue weighted by molar-refractivity contribution is 0.0984. The summed E-state index contributed by atoms with van der Waals surface area (Å²) in [7, 11) is -1.08. The van der Waals surface area contributed by atoms with Crippen molar-refractivity contribution in [3.8, 4) is 0 Å². The first-order valence-corrected chi connectivity index (χ1v) is 11.5. The first-order chi connectivity index (χ1) is 14.1. The van der Waals surface area contributed by atoms with Crippen LogP contribution in [0.5, 0.6) is 0 Å². The van der Waals surface area contributed by atoms with Gasteiger partial charge in [-0.25, -0.2) is 22.1 Å². The summed E-state index contributed by atoms with van der Waals surface area (Å²) in [5.41, 5.74) is 1.26. The molecule has 10 heteroatoms. The molecule has 0 spiro atoms. The zero-order valence-corrected chi connectivity index (χ0v) is 18.9. The van der Waals surface area contributed by atoms with E-state index in [0.29, 0.717) is 11.4 Å². The van der Waals surface area contributed by atoms with Gasteiger partial charge in [-0.15, -0.1) is 11.3 Å². The van der Waals surface area contributed by atoms with Crippen LogP contribution in [-0.4, -0.2) is 37.7 Å². The van der Waals surface area contributed by atoms with Crippen LogP contribution in [0.4, 0.5) is 10.1 Å². The number of benzene rings is 2. The van der Waals surface area contributed by atoms with Crippen LogP contribution in [0.15, 0.2) is 52.7 Å². The Morgan fingerprint density at radius 2 is 1.83 bits per heavy atom. The van der Waals surface area contributed by atoms with Crippen molar-refractivity contribution in [3.63, 3.8) is 0 Å². The Labute approximate surface area is 183 Å². The number of sulfonamides is 1. The van der Waals surface area contributed by atoms with Crippen molar-refractivity contribution in [3.05, 3.63) is 74.9 Å². The number of aromatic nitrogens is 1. The molecule has 3 aromatic rings. The van der Waals surface area contributed by atoms with Crippen LogP contribution in [-0.2, 0) is 16.6 Å². The third-order valence-corrected chi connectivity index (χ3v) is 7.43. The average Bonchev–Trinajstić information content (AvgIpc) is 3.11. The van der Waals surface area contributed by atoms with Gasteiger partial charge in [0, 0.05) is 30.7 Å². The van der Waals surface area contributed by atoms with Crippen LogP contribution < -0.4 is 4.90 Å². The fourth-order valence-corrected chi connectivity index (χ4v) is 4.73. The number of nitrogens with zero attached hydrogens (tertiary/aromatic N) is 3. The van der Waals surface area contributed by atoms with Gasteiger partial charge in [0.1, 0.15) is 10.7 Å². The number of thiazole rings is 1. The van der Waals surface area contributed by atoms with Gasteiger partial charge >= 0.3 is 0 Å². The highest BCUT2D eigenvalue weighted by Crippen LogP contribution is 2.27. The maximum atomic E-state index is 13.4. The molecule has 0 saturated carbocycles. The van der Waals surface area contributed by atoms with Gasteiger partial charge in [-0.05, 0) is 49.4 Å². The van der Waals surface area contributed by atoms with Gasteiger partial charge in [-0.2, -0.15) is 0 Å². The van der Waals surface area contributed by atoms with E-state index in [1.54, 1.807) is 0 Å². The molecule has 6 nitrogen and oxygen atoms in total. The molecule has 0 saturated heterocycles. The molecule has 1 aromatic heterocycles. The van der Waals surface area contributed by atoms with Crippen molar-refractivity contribution in [2.45, 2.75) is 18.4 Å². The van der Waals surface area contributed by atoms with E-state index in [1.807, 2.05) is 12.3 Å². The molecule has 3 rings (SSSR count). The number of carbonyl (C=O) groups excluding carboxylic acids is 1. The number of halogens is 2. The molecule has 158 valence electrons. The van der Waals surface area contributed by atoms with E-state index in [0.717, 1.165) is 9.31 Å². The topological polar surface area (TPSA) is 70.6 Å². The monoisotopic (exact) mass is 467 g/mol. The molecule has 30 heavy (non-hydrogen) atoms. The number of anilines is 1. The fraction of sp³-hybridized carbons (Fsp3) is 0.200. The molecule has 0 radical (unpaired) electrons. The second-order valence-corrected chi connectivity index (χ2v) is 10.2. The Morgan fingerprint density at radius 3 is 2.40 bits per heavy atom. The highest BCUT2D eigenvalue weighted by atomic mass is 35.5. The Morgan fingerprint density at radius 1 is 1.17 bits per heavy atom. The summed E-state index contributed by atoms with van der Waals surface area (Å²) in [4.78, 5) is 19.0. The third-order valence-electron chi connectivity index (χ3n) is 4.31. The van der Waals surface area contributed by atoms with E-state index in [-0.39, 0.29) is 22.0 Å². The van der Waals surface area contributed by atoms with Crippen molar-refractivity contribution in [1.29, 1.82) is 0 Å². The fourth-order valence-electron chi connectivity index (χ4n) is 2.73. The van der Waals surface area contributed by atoms with Gasteiger partial charge in [-0.1, -0.05) is 11.6 Å². The molecule has 2 aromatic carbocycles. The Balaban J connectivity index is 2.05. The van der Waals surface area contributed by atoms with E-state index in [2.05, 4.69) is 4.98 Å². The molecule has 0 aliphatic carbocycles. The van der Waals surface area contributed by atoms with Crippen molar-refractivity contribution in [2.75, 3.05) is 19.0 Å². The second-order valence-electron chi connectivity index (χ2n) is 6.66. The highest BCUT2D eigenvalue weighted by molar-refractivity contribution is 7.89. The zero-order chi connectivity index (χ0) is 22.1. The van der Waals surface area contributed by atoms with Crippen molar-refractivity contribution < 1.29 is 17.6 Å². The molecular weight excluding hydrogens is 449 g/mol. The summed E-state index contributed by atoms with van der Waals surface area (Å²) >= 11 is 7.55. The predicted octanol–water partition coefficient (Wildman–Crippen LogP) is 4.34. The minimum atomic E-state index is -3.84. The zero-order valence-electron chi connectivity index (χ0n) is 16.5. The lowest BCUT2D eigenvalue weighted by atomic mass is 10.1. The summed E-state index contributed by atoms with van der Waals surface area (Å²) in [6.07, 6.45) is 0. The number of rotatable bonds is 6. The van der Waals surface area contributed by atoms with Crippen molar-refractivity contribution in [2.24, 2.45) is 0 Å². The largest absolute Gasteiger partial charge is 0.302 e. The standard InChI is InChI=1S/C20H19ClFN3O3S2/c1-13-23-16(12-29-13)11-25(17-7-5-15(22)6-8-17)20(26)14-4-9-18(21)19(10-14)30(27,28)24(2)3/h4-10,12H,11H2,1-3H3. The van der Waals surface area contributed by atoms with Gasteiger partial charge in [0.05, 0.1) is 22.3 Å². The normalized spacial score (nSPS) is 11.7. The SMILES string of the molecule is Cc1nc(CN(C(=O)c2ccc(Cl)c(S(=O)(=O)N(C)C)c2)c2ccc(F)cc2)cs1. The van der Waals surface area contributed by atoms with Gasteiger partial charge in [0.25, 0.3) is 5.91 Å². The molecule has 1 amide bonds. The lowest BCUT2D eigenvalue weighted by Gasteiger charge is -2.23. The Bertz CT molecular complexity index is 1180. The van der Waals surface area contributed by atoms with Crippen LogP contribution >= 0.6 is 22.9 Å². The molecular formula is C20H19ClFN3O3S2. The van der Waals surface area contributed by atoms with Crippen LogP contribution in [0.25, 0.3) is 0 Å². The number of amides is 1. The van der Waals surface area contributed by atoms with Gasteiger partial charge in [0.15, 0.2) is 0 Å². The summed E-state index contributed by atoms with van der Waals surface area (Å²) in [6.45, 7) is 2.00. The molecule has 0 atom stereocenters. The van der Waals surface area contributed by atoms with Crippen LogP contribution in [0, 0.1) is 12.7 Å². The minimum absolute atomic E-state index is 0.0173. The quantitative estimate of drug-likeness (QED) is 0.540. The summed E-state index contributed by atoms with van der Waals surface area (Å²) in [6, 6.07) is 9.57. The van der Waals surface area contributed by atoms with Gasteiger partial charge < -0.3 is 4.90 Å². The molecule has 1 heterocycles. The van der Waals surface area contributed by atoms with Crippen LogP contribution in [0.3, 0.4) is 0 Å². The number of aryl methyl sites for hydroxylation is 1. The van der Waals surface area contributed by atoms with Crippen molar-refractivity contribution in [1.82, 2.24) is 9.29 Å². The van der Waals surface area contributed by atoms with E-state index in [1.165, 1.54) is 72.8 Å².